The van der Waals surface area contributed by atoms with Gasteiger partial charge in [0.15, 0.2) is 0 Å². The summed E-state index contributed by atoms with van der Waals surface area (Å²) >= 11 is 0. The van der Waals surface area contributed by atoms with E-state index in [-0.39, 0.29) is 11.9 Å². The molecule has 1 amide bonds. The molecule has 0 heterocycles. The first-order chi connectivity index (χ1) is 8.11. The summed E-state index contributed by atoms with van der Waals surface area (Å²) in [6, 6.07) is 8.54. The van der Waals surface area contributed by atoms with Crippen LogP contribution in [-0.2, 0) is 11.3 Å². The van der Waals surface area contributed by atoms with Crippen molar-refractivity contribution in [3.8, 4) is 0 Å². The fourth-order valence-corrected chi connectivity index (χ4v) is 1.57. The summed E-state index contributed by atoms with van der Waals surface area (Å²) in [5.74, 6) is 0.0620. The zero-order valence-corrected chi connectivity index (χ0v) is 10.9. The van der Waals surface area contributed by atoms with Crippen LogP contribution in [0.1, 0.15) is 31.4 Å². The third kappa shape index (κ3) is 5.50. The van der Waals surface area contributed by atoms with Crippen molar-refractivity contribution in [1.29, 1.82) is 0 Å². The van der Waals surface area contributed by atoms with Gasteiger partial charge in [0.2, 0.25) is 5.91 Å². The number of benzene rings is 1. The lowest BCUT2D eigenvalue weighted by atomic mass is 10.1. The Hall–Kier alpha value is -1.35. The molecular formula is C14H22N2O. The van der Waals surface area contributed by atoms with Crippen LogP contribution >= 0.6 is 0 Å². The first kappa shape index (κ1) is 13.7. The fourth-order valence-electron chi connectivity index (χ4n) is 1.57. The molecule has 94 valence electrons. The third-order valence-corrected chi connectivity index (χ3v) is 2.72. The van der Waals surface area contributed by atoms with Crippen molar-refractivity contribution < 1.29 is 4.79 Å². The molecule has 0 saturated heterocycles. The van der Waals surface area contributed by atoms with Crippen molar-refractivity contribution in [2.75, 3.05) is 6.54 Å². The first-order valence-electron chi connectivity index (χ1n) is 6.17. The lowest BCUT2D eigenvalue weighted by Gasteiger charge is -2.11. The number of hydrogen-bond donors (Lipinski definition) is 2. The van der Waals surface area contributed by atoms with Crippen LogP contribution in [0.5, 0.6) is 0 Å². The number of carbonyl (C=O) groups is 1. The molecule has 1 rings (SSSR count). The van der Waals surface area contributed by atoms with Crippen molar-refractivity contribution in [2.45, 2.75) is 39.8 Å². The predicted octanol–water partition coefficient (Wildman–Crippen LogP) is 2.00. The normalized spacial score (nSPS) is 12.2. The second kappa shape index (κ2) is 7.07. The number of nitrogens with one attached hydrogen (secondary N) is 2. The Morgan fingerprint density at radius 3 is 2.82 bits per heavy atom. The fraction of sp³-hybridized carbons (Fsp3) is 0.500. The summed E-state index contributed by atoms with van der Waals surface area (Å²) in [4.78, 5) is 11.5. The van der Waals surface area contributed by atoms with Gasteiger partial charge in [-0.3, -0.25) is 4.79 Å². The van der Waals surface area contributed by atoms with Gasteiger partial charge < -0.3 is 10.6 Å². The molecule has 0 aromatic heterocycles. The van der Waals surface area contributed by atoms with E-state index >= 15 is 0 Å². The highest BCUT2D eigenvalue weighted by Gasteiger charge is 2.04. The first-order valence-corrected chi connectivity index (χ1v) is 6.17. The Labute approximate surface area is 104 Å². The highest BCUT2D eigenvalue weighted by molar-refractivity contribution is 5.78. The quantitative estimate of drug-likeness (QED) is 0.790. The minimum absolute atomic E-state index is 0.0620. The Kier molecular flexibility index (Phi) is 5.70. The lowest BCUT2D eigenvalue weighted by molar-refractivity contribution is -0.120. The van der Waals surface area contributed by atoms with E-state index in [1.165, 1.54) is 11.1 Å². The van der Waals surface area contributed by atoms with Crippen LogP contribution in [0.25, 0.3) is 0 Å². The summed E-state index contributed by atoms with van der Waals surface area (Å²) in [5, 5.41) is 6.07. The van der Waals surface area contributed by atoms with Crippen LogP contribution in [0.2, 0.25) is 0 Å². The molecule has 0 aliphatic carbocycles. The highest BCUT2D eigenvalue weighted by atomic mass is 16.1. The molecule has 3 nitrogen and oxygen atoms in total. The average molecular weight is 234 g/mol. The Morgan fingerprint density at radius 2 is 2.18 bits per heavy atom. The van der Waals surface area contributed by atoms with E-state index in [1.54, 1.807) is 0 Å². The topological polar surface area (TPSA) is 41.1 Å². The molecular weight excluding hydrogens is 212 g/mol. The average Bonchev–Trinajstić information content (AvgIpc) is 2.29. The van der Waals surface area contributed by atoms with Crippen molar-refractivity contribution in [3.63, 3.8) is 0 Å². The van der Waals surface area contributed by atoms with Crippen molar-refractivity contribution in [3.05, 3.63) is 35.4 Å². The van der Waals surface area contributed by atoms with E-state index in [4.69, 9.17) is 0 Å². The minimum atomic E-state index is 0.0620. The number of rotatable bonds is 6. The highest BCUT2D eigenvalue weighted by Crippen LogP contribution is 2.02. The number of aryl methyl sites for hydroxylation is 1. The molecule has 0 radical (unpaired) electrons. The van der Waals surface area contributed by atoms with E-state index < -0.39 is 0 Å². The Morgan fingerprint density at radius 1 is 1.41 bits per heavy atom. The molecule has 1 aromatic rings. The molecule has 0 spiro atoms. The molecule has 1 aromatic carbocycles. The second-order valence-corrected chi connectivity index (χ2v) is 4.47. The second-order valence-electron chi connectivity index (χ2n) is 4.47. The van der Waals surface area contributed by atoms with E-state index in [1.807, 2.05) is 13.0 Å². The molecule has 1 atom stereocenters. The van der Waals surface area contributed by atoms with Gasteiger partial charge in [-0.15, -0.1) is 0 Å². The summed E-state index contributed by atoms with van der Waals surface area (Å²) in [7, 11) is 0. The summed E-state index contributed by atoms with van der Waals surface area (Å²) in [5.41, 5.74) is 2.45. The molecule has 0 aliphatic rings. The molecule has 3 heteroatoms. The third-order valence-electron chi connectivity index (χ3n) is 2.72. The summed E-state index contributed by atoms with van der Waals surface area (Å²) < 4.78 is 0. The van der Waals surface area contributed by atoms with Gasteiger partial charge in [0.25, 0.3) is 0 Å². The Bertz CT molecular complexity index is 363. The van der Waals surface area contributed by atoms with Gasteiger partial charge in [-0.25, -0.2) is 0 Å². The lowest BCUT2D eigenvalue weighted by Crippen LogP contribution is -2.38. The number of hydrogen-bond acceptors (Lipinski definition) is 2. The zero-order chi connectivity index (χ0) is 12.7. The van der Waals surface area contributed by atoms with E-state index in [2.05, 4.69) is 42.7 Å². The SMILES string of the molecule is CCC(C)NC(=O)CNCc1cccc(C)c1. The van der Waals surface area contributed by atoms with Crippen molar-refractivity contribution >= 4 is 5.91 Å². The number of amides is 1. The Balaban J connectivity index is 2.26. The zero-order valence-electron chi connectivity index (χ0n) is 10.9. The van der Waals surface area contributed by atoms with Gasteiger partial charge in [-0.2, -0.15) is 0 Å². The van der Waals surface area contributed by atoms with Gasteiger partial charge in [-0.1, -0.05) is 36.8 Å². The molecule has 0 saturated carbocycles. The monoisotopic (exact) mass is 234 g/mol. The van der Waals surface area contributed by atoms with Gasteiger partial charge in [0.1, 0.15) is 0 Å². The van der Waals surface area contributed by atoms with Crippen LogP contribution in [-0.4, -0.2) is 18.5 Å². The molecule has 1 unspecified atom stereocenters. The molecule has 0 aliphatic heterocycles. The van der Waals surface area contributed by atoms with Gasteiger partial charge in [0, 0.05) is 12.6 Å². The molecule has 2 N–H and O–H groups in total. The van der Waals surface area contributed by atoms with E-state index in [9.17, 15) is 4.79 Å². The predicted molar refractivity (Wildman–Crippen MR) is 70.8 cm³/mol. The van der Waals surface area contributed by atoms with Crippen LogP contribution in [0.4, 0.5) is 0 Å². The minimum Gasteiger partial charge on any atom is -0.353 e. The van der Waals surface area contributed by atoms with Gasteiger partial charge >= 0.3 is 0 Å². The van der Waals surface area contributed by atoms with Crippen molar-refractivity contribution in [1.82, 2.24) is 10.6 Å². The maximum atomic E-state index is 11.5. The van der Waals surface area contributed by atoms with Gasteiger partial charge in [-0.05, 0) is 25.8 Å². The maximum absolute atomic E-state index is 11.5. The summed E-state index contributed by atoms with van der Waals surface area (Å²) in [6.45, 7) is 7.25. The molecule has 0 fully saturated rings. The van der Waals surface area contributed by atoms with Crippen LogP contribution in [0.3, 0.4) is 0 Å². The molecule has 17 heavy (non-hydrogen) atoms. The van der Waals surface area contributed by atoms with E-state index in [0.717, 1.165) is 13.0 Å². The van der Waals surface area contributed by atoms with Crippen LogP contribution in [0.15, 0.2) is 24.3 Å². The van der Waals surface area contributed by atoms with Crippen molar-refractivity contribution in [2.24, 2.45) is 0 Å². The van der Waals surface area contributed by atoms with Gasteiger partial charge in [0.05, 0.1) is 6.54 Å². The van der Waals surface area contributed by atoms with Crippen LogP contribution in [0, 0.1) is 6.92 Å². The van der Waals surface area contributed by atoms with Crippen LogP contribution < -0.4 is 10.6 Å². The maximum Gasteiger partial charge on any atom is 0.234 e. The van der Waals surface area contributed by atoms with E-state index in [0.29, 0.717) is 6.54 Å². The smallest absolute Gasteiger partial charge is 0.234 e. The number of carbonyl (C=O) groups excluding carboxylic acids is 1. The molecule has 0 bridgehead atoms. The summed E-state index contributed by atoms with van der Waals surface area (Å²) in [6.07, 6.45) is 0.962. The largest absolute Gasteiger partial charge is 0.353 e. The standard InChI is InChI=1S/C14H22N2O/c1-4-12(3)16-14(17)10-15-9-13-7-5-6-11(2)8-13/h5-8,12,15H,4,9-10H2,1-3H3,(H,16,17).